The molecular formula is C18H16ClN3O5. The van der Waals surface area contributed by atoms with E-state index in [-0.39, 0.29) is 30.2 Å². The van der Waals surface area contributed by atoms with Crippen LogP contribution in [0.15, 0.2) is 42.5 Å². The summed E-state index contributed by atoms with van der Waals surface area (Å²) in [6.45, 7) is 0.0937. The van der Waals surface area contributed by atoms with E-state index in [9.17, 15) is 19.7 Å². The summed E-state index contributed by atoms with van der Waals surface area (Å²) in [5, 5.41) is 20.9. The fourth-order valence-corrected chi connectivity index (χ4v) is 3.19. The summed E-state index contributed by atoms with van der Waals surface area (Å²) < 4.78 is 0. The van der Waals surface area contributed by atoms with Crippen LogP contribution in [0.1, 0.15) is 12.8 Å². The van der Waals surface area contributed by atoms with Crippen molar-refractivity contribution >= 4 is 46.2 Å². The molecule has 2 aromatic carbocycles. The number of carbonyl (C=O) groups is 2. The number of nitro groups is 1. The fourth-order valence-electron chi connectivity index (χ4n) is 3.02. The van der Waals surface area contributed by atoms with Gasteiger partial charge in [0.1, 0.15) is 12.1 Å². The summed E-state index contributed by atoms with van der Waals surface area (Å²) in [5.74, 6) is -1.04. The second kappa shape index (κ2) is 7.73. The van der Waals surface area contributed by atoms with Gasteiger partial charge in [-0.25, -0.2) is 0 Å². The zero-order valence-electron chi connectivity index (χ0n) is 14.2. The van der Waals surface area contributed by atoms with Crippen LogP contribution < -0.4 is 9.80 Å². The van der Waals surface area contributed by atoms with Gasteiger partial charge < -0.3 is 10.0 Å². The van der Waals surface area contributed by atoms with Gasteiger partial charge in [-0.2, -0.15) is 0 Å². The number of carbonyl (C=O) groups excluding carboxylic acids is 2. The molecule has 0 unspecified atom stereocenters. The summed E-state index contributed by atoms with van der Waals surface area (Å²) in [7, 11) is 0. The van der Waals surface area contributed by atoms with E-state index in [4.69, 9.17) is 16.7 Å². The van der Waals surface area contributed by atoms with Crippen LogP contribution >= 0.6 is 11.6 Å². The van der Waals surface area contributed by atoms with Gasteiger partial charge in [-0.15, -0.1) is 0 Å². The summed E-state index contributed by atoms with van der Waals surface area (Å²) in [5.41, 5.74) is 0.494. The molecule has 1 aliphatic heterocycles. The molecule has 0 saturated heterocycles. The SMILES string of the molecule is O=C1CC(=O)N(c2ccccc2[N+](=O)[O-])c2cc(Cl)ccc2N1CCCO. The van der Waals surface area contributed by atoms with Crippen LogP contribution in [0.5, 0.6) is 0 Å². The highest BCUT2D eigenvalue weighted by atomic mass is 35.5. The Kier molecular flexibility index (Phi) is 5.38. The Morgan fingerprint density at radius 1 is 1.07 bits per heavy atom. The van der Waals surface area contributed by atoms with Crippen LogP contribution in [-0.4, -0.2) is 35.0 Å². The van der Waals surface area contributed by atoms with Gasteiger partial charge in [-0.1, -0.05) is 23.7 Å². The van der Waals surface area contributed by atoms with Crippen molar-refractivity contribution in [3.05, 3.63) is 57.6 Å². The first-order valence-electron chi connectivity index (χ1n) is 8.21. The van der Waals surface area contributed by atoms with E-state index < -0.39 is 23.2 Å². The molecule has 2 aromatic rings. The topological polar surface area (TPSA) is 104 Å². The number of halogens is 1. The van der Waals surface area contributed by atoms with Crippen LogP contribution in [0.2, 0.25) is 5.02 Å². The second-order valence-corrected chi connectivity index (χ2v) is 6.34. The molecule has 8 nitrogen and oxygen atoms in total. The largest absolute Gasteiger partial charge is 0.396 e. The lowest BCUT2D eigenvalue weighted by Crippen LogP contribution is -2.33. The molecule has 0 spiro atoms. The number of amides is 2. The molecule has 140 valence electrons. The molecule has 1 heterocycles. The minimum Gasteiger partial charge on any atom is -0.396 e. The first-order chi connectivity index (χ1) is 12.9. The standard InChI is InChI=1S/C18H16ClN3O5/c19-12-6-7-13-16(10-12)21(14-4-1-2-5-15(14)22(26)27)18(25)11-17(24)20(13)8-3-9-23/h1-2,4-7,10,23H,3,8-9,11H2. The second-order valence-electron chi connectivity index (χ2n) is 5.91. The molecule has 9 heteroatoms. The Morgan fingerprint density at radius 2 is 1.81 bits per heavy atom. The third kappa shape index (κ3) is 3.62. The van der Waals surface area contributed by atoms with E-state index in [2.05, 4.69) is 0 Å². The van der Waals surface area contributed by atoms with E-state index in [0.29, 0.717) is 17.1 Å². The number of hydrogen-bond donors (Lipinski definition) is 1. The number of hydrogen-bond acceptors (Lipinski definition) is 5. The maximum Gasteiger partial charge on any atom is 0.293 e. The number of fused-ring (bicyclic) bond motifs is 1. The fraction of sp³-hybridized carbons (Fsp3) is 0.222. The van der Waals surface area contributed by atoms with Gasteiger partial charge in [0, 0.05) is 24.2 Å². The molecule has 3 rings (SSSR count). The van der Waals surface area contributed by atoms with Crippen molar-refractivity contribution in [3.8, 4) is 0 Å². The van der Waals surface area contributed by atoms with Gasteiger partial charge in [0.25, 0.3) is 5.69 Å². The molecule has 2 amide bonds. The third-order valence-corrected chi connectivity index (χ3v) is 4.42. The minimum absolute atomic E-state index is 0.0628. The van der Waals surface area contributed by atoms with Gasteiger partial charge in [0.05, 0.1) is 16.3 Å². The number of para-hydroxylation sites is 2. The normalized spacial score (nSPS) is 14.1. The number of benzene rings is 2. The number of nitrogens with zero attached hydrogens (tertiary/aromatic N) is 3. The van der Waals surface area contributed by atoms with Gasteiger partial charge in [0.15, 0.2) is 0 Å². The predicted octanol–water partition coefficient (Wildman–Crippen LogP) is 3.03. The first kappa shape index (κ1) is 18.8. The number of aliphatic hydroxyl groups is 1. The molecule has 0 aliphatic carbocycles. The smallest absolute Gasteiger partial charge is 0.293 e. The number of anilines is 3. The van der Waals surface area contributed by atoms with E-state index in [0.717, 1.165) is 4.90 Å². The molecule has 0 bridgehead atoms. The van der Waals surface area contributed by atoms with Crippen LogP contribution in [0.25, 0.3) is 0 Å². The lowest BCUT2D eigenvalue weighted by Gasteiger charge is -2.25. The van der Waals surface area contributed by atoms with Gasteiger partial charge in [-0.05, 0) is 30.7 Å². The molecule has 0 aromatic heterocycles. The molecule has 0 fully saturated rings. The van der Waals surface area contributed by atoms with E-state index in [1.807, 2.05) is 0 Å². The summed E-state index contributed by atoms with van der Waals surface area (Å²) in [4.78, 5) is 38.9. The Morgan fingerprint density at radius 3 is 2.52 bits per heavy atom. The Balaban J connectivity index is 2.23. The maximum atomic E-state index is 12.9. The molecule has 0 saturated carbocycles. The van der Waals surface area contributed by atoms with Crippen molar-refractivity contribution in [2.45, 2.75) is 12.8 Å². The number of aliphatic hydroxyl groups excluding tert-OH is 1. The molecular weight excluding hydrogens is 374 g/mol. The van der Waals surface area contributed by atoms with Crippen molar-refractivity contribution in [1.29, 1.82) is 0 Å². The molecule has 0 radical (unpaired) electrons. The number of rotatable bonds is 5. The van der Waals surface area contributed by atoms with E-state index in [1.165, 1.54) is 29.2 Å². The van der Waals surface area contributed by atoms with Crippen molar-refractivity contribution in [2.75, 3.05) is 23.0 Å². The van der Waals surface area contributed by atoms with Gasteiger partial charge in [0.2, 0.25) is 11.8 Å². The van der Waals surface area contributed by atoms with Crippen molar-refractivity contribution in [1.82, 2.24) is 0 Å². The highest BCUT2D eigenvalue weighted by Gasteiger charge is 2.35. The zero-order valence-corrected chi connectivity index (χ0v) is 14.9. The maximum absolute atomic E-state index is 12.9. The van der Waals surface area contributed by atoms with Gasteiger partial charge >= 0.3 is 0 Å². The monoisotopic (exact) mass is 389 g/mol. The minimum atomic E-state index is -0.593. The summed E-state index contributed by atoms with van der Waals surface area (Å²) in [6.07, 6.45) is -0.128. The Labute approximate surface area is 159 Å². The predicted molar refractivity (Wildman–Crippen MR) is 100 cm³/mol. The average Bonchev–Trinajstić information content (AvgIpc) is 2.73. The van der Waals surface area contributed by atoms with E-state index >= 15 is 0 Å². The summed E-state index contributed by atoms with van der Waals surface area (Å²) >= 11 is 6.11. The first-order valence-corrected chi connectivity index (χ1v) is 8.59. The summed E-state index contributed by atoms with van der Waals surface area (Å²) in [6, 6.07) is 10.5. The van der Waals surface area contributed by atoms with E-state index in [1.54, 1.807) is 18.2 Å². The Bertz CT molecular complexity index is 918. The van der Waals surface area contributed by atoms with Gasteiger partial charge in [-0.3, -0.25) is 24.6 Å². The Hall–Kier alpha value is -2.97. The van der Waals surface area contributed by atoms with Crippen molar-refractivity contribution < 1.29 is 19.6 Å². The molecule has 1 N–H and O–H groups in total. The van der Waals surface area contributed by atoms with Crippen LogP contribution in [0, 0.1) is 10.1 Å². The van der Waals surface area contributed by atoms with Crippen molar-refractivity contribution in [3.63, 3.8) is 0 Å². The van der Waals surface area contributed by atoms with Crippen molar-refractivity contribution in [2.24, 2.45) is 0 Å². The highest BCUT2D eigenvalue weighted by molar-refractivity contribution is 6.31. The quantitative estimate of drug-likeness (QED) is 0.481. The van der Waals surface area contributed by atoms with Crippen LogP contribution in [-0.2, 0) is 9.59 Å². The zero-order chi connectivity index (χ0) is 19.6. The molecule has 27 heavy (non-hydrogen) atoms. The van der Waals surface area contributed by atoms with Crippen LogP contribution in [0.3, 0.4) is 0 Å². The third-order valence-electron chi connectivity index (χ3n) is 4.18. The lowest BCUT2D eigenvalue weighted by molar-refractivity contribution is -0.384. The lowest BCUT2D eigenvalue weighted by atomic mass is 10.1. The average molecular weight is 390 g/mol. The van der Waals surface area contributed by atoms with Crippen LogP contribution in [0.4, 0.5) is 22.7 Å². The highest BCUT2D eigenvalue weighted by Crippen LogP contribution is 2.42. The molecule has 0 atom stereocenters. The molecule has 1 aliphatic rings. The number of nitro benzene ring substituents is 1.